The summed E-state index contributed by atoms with van der Waals surface area (Å²) in [5.41, 5.74) is 11.4. The zero-order valence-electron chi connectivity index (χ0n) is 65.1. The minimum absolute atomic E-state index is 0.163. The van der Waals surface area contributed by atoms with E-state index in [1.165, 1.54) is 211 Å². The zero-order valence-corrected chi connectivity index (χ0v) is 74.0. The lowest BCUT2D eigenvalue weighted by atomic mass is 9.99. The second-order valence-corrected chi connectivity index (χ2v) is 42.7. The summed E-state index contributed by atoms with van der Waals surface area (Å²) in [6.45, 7) is 14.7. The van der Waals surface area contributed by atoms with E-state index in [4.69, 9.17) is 55.2 Å². The first-order chi connectivity index (χ1) is 54.7. The van der Waals surface area contributed by atoms with Crippen LogP contribution in [0.4, 0.5) is 0 Å². The van der Waals surface area contributed by atoms with E-state index in [0.717, 1.165) is 115 Å². The molecule has 112 heavy (non-hydrogen) atoms. The zero-order chi connectivity index (χ0) is 78.7. The maximum absolute atomic E-state index is 14.5. The molecule has 0 spiro atoms. The number of rotatable bonds is 39. The van der Waals surface area contributed by atoms with Gasteiger partial charge in [-0.3, -0.25) is 14.2 Å². The SMILES string of the molecule is CCCCCCCCCCCc1c(/C=C/C=C2\C(=O)c3cc(Cl)c(Cl)cc3C2=C(C#N)C#N)sc2c1sc1c3c4nsnc4c4c5sc6c(CCCCCCCCCCC)c(/C=C/C=C7\C(=O)c8cc(Cl)c(Cl)cc8C7=C(C#N)C#N)sc6c5n(-c5ccc([Si](CCC)(CCC)CCC)s5)c4c3n(CCCCCCCC)c21. The Balaban J connectivity index is 1.06. The lowest BCUT2D eigenvalue weighted by molar-refractivity contribution is 0.103. The van der Waals surface area contributed by atoms with E-state index in [1.54, 1.807) is 34.9 Å². The van der Waals surface area contributed by atoms with Gasteiger partial charge in [-0.25, -0.2) is 0 Å². The molecule has 8 aromatic heterocycles. The highest BCUT2D eigenvalue weighted by molar-refractivity contribution is 7.35. The van der Waals surface area contributed by atoms with E-state index in [9.17, 15) is 30.6 Å². The molecular weight excluding hydrogens is 1600 g/mol. The summed E-state index contributed by atoms with van der Waals surface area (Å²) in [5.74, 6) is -0.630. The van der Waals surface area contributed by atoms with Crippen LogP contribution >= 0.6 is 115 Å². The molecule has 0 saturated heterocycles. The fraction of sp³-hybridized carbons (Fsp3) is 0.429. The normalized spacial score (nSPS) is 14.0. The van der Waals surface area contributed by atoms with E-state index in [1.807, 2.05) is 68.8 Å². The molecule has 0 fully saturated rings. The Morgan fingerprint density at radius 3 is 1.26 bits per heavy atom. The summed E-state index contributed by atoms with van der Waals surface area (Å²) >= 11 is 37.0. The molecule has 11 aromatic rings. The predicted molar refractivity (Wildman–Crippen MR) is 487 cm³/mol. The molecule has 13 rings (SSSR count). The second kappa shape index (κ2) is 38.3. The Kier molecular flexibility index (Phi) is 28.5. The van der Waals surface area contributed by atoms with Gasteiger partial charge in [-0.15, -0.1) is 56.7 Å². The number of allylic oxidation sites excluding steroid dienone is 10. The van der Waals surface area contributed by atoms with Crippen molar-refractivity contribution in [2.75, 3.05) is 0 Å². The molecule has 21 heteroatoms. The van der Waals surface area contributed by atoms with Gasteiger partial charge in [-0.2, -0.15) is 29.8 Å². The number of benzene rings is 3. The van der Waals surface area contributed by atoms with Crippen molar-refractivity contribution in [3.63, 3.8) is 0 Å². The van der Waals surface area contributed by atoms with E-state index >= 15 is 0 Å². The van der Waals surface area contributed by atoms with Crippen LogP contribution in [0, 0.1) is 45.3 Å². The average molecular weight is 1700 g/mol. The van der Waals surface area contributed by atoms with Gasteiger partial charge in [0.15, 0.2) is 11.6 Å². The van der Waals surface area contributed by atoms with Gasteiger partial charge in [-0.1, -0.05) is 291 Å². The fourth-order valence-electron chi connectivity index (χ4n) is 17.5. The highest BCUT2D eigenvalue weighted by Crippen LogP contribution is 2.56. The number of hydrogen-bond donors (Lipinski definition) is 0. The number of unbranched alkanes of at least 4 members (excludes halogenated alkanes) is 21. The first-order valence-electron chi connectivity index (χ1n) is 40.8. The predicted octanol–water partition coefficient (Wildman–Crippen LogP) is 30.8. The van der Waals surface area contributed by atoms with E-state index in [0.29, 0.717) is 22.3 Å². The molecule has 10 nitrogen and oxygen atoms in total. The molecule has 3 aromatic carbocycles. The third-order valence-electron chi connectivity index (χ3n) is 22.8. The Hall–Kier alpha value is -6.78. The molecule has 0 amide bonds. The molecular formula is C91H96Cl4N8O2S6Si. The number of thiophene rings is 5. The molecule has 0 radical (unpaired) electrons. The monoisotopic (exact) mass is 1690 g/mol. The van der Waals surface area contributed by atoms with Crippen molar-refractivity contribution in [3.8, 4) is 29.3 Å². The lowest BCUT2D eigenvalue weighted by Gasteiger charge is -2.30. The molecule has 2 aliphatic rings. The van der Waals surface area contributed by atoms with E-state index in [2.05, 4.69) is 99.2 Å². The third kappa shape index (κ3) is 16.4. The van der Waals surface area contributed by atoms with Crippen LogP contribution in [0.15, 0.2) is 83.0 Å². The largest absolute Gasteiger partial charge is 0.337 e. The topological polar surface area (TPSA) is 165 Å². The van der Waals surface area contributed by atoms with Gasteiger partial charge in [0.05, 0.1) is 95.2 Å². The van der Waals surface area contributed by atoms with Gasteiger partial charge < -0.3 is 4.57 Å². The molecule has 0 atom stereocenters. The van der Waals surface area contributed by atoms with Crippen LogP contribution in [0.1, 0.15) is 268 Å². The first-order valence-corrected chi connectivity index (χ1v) is 49.8. The number of hydrogen-bond acceptors (Lipinski definition) is 14. The van der Waals surface area contributed by atoms with Crippen molar-refractivity contribution in [3.05, 3.63) is 146 Å². The van der Waals surface area contributed by atoms with Gasteiger partial charge in [0.25, 0.3) is 0 Å². The number of nitrogens with zero attached hydrogens (tertiary/aromatic N) is 8. The van der Waals surface area contributed by atoms with Crippen LogP contribution in [0.3, 0.4) is 0 Å². The fourth-order valence-corrected chi connectivity index (χ4v) is 32.2. The highest BCUT2D eigenvalue weighted by atomic mass is 35.5. The Morgan fingerprint density at radius 1 is 0.438 bits per heavy atom. The Morgan fingerprint density at radius 2 is 0.830 bits per heavy atom. The molecule has 0 bridgehead atoms. The maximum Gasteiger partial charge on any atom is 0.194 e. The van der Waals surface area contributed by atoms with Gasteiger partial charge in [-0.05, 0) is 101 Å². The van der Waals surface area contributed by atoms with Gasteiger partial charge in [0.1, 0.15) is 46.5 Å². The minimum atomic E-state index is -1.97. The summed E-state index contributed by atoms with van der Waals surface area (Å²) in [4.78, 5) is 31.2. The Bertz CT molecular complexity index is 5760. The molecule has 0 N–H and O–H groups in total. The van der Waals surface area contributed by atoms with Gasteiger partial charge >= 0.3 is 0 Å². The van der Waals surface area contributed by atoms with Crippen molar-refractivity contribution in [1.29, 1.82) is 21.0 Å². The average Bonchev–Trinajstić information content (AvgIpc) is 1.50. The summed E-state index contributed by atoms with van der Waals surface area (Å²) in [6.07, 6.45) is 45.5. The molecule has 580 valence electrons. The number of carbonyl (C=O) groups is 2. The number of ketones is 2. The number of halogens is 4. The van der Waals surface area contributed by atoms with Crippen LogP contribution in [0.25, 0.3) is 100 Å². The number of aryl methyl sites for hydroxylation is 3. The third-order valence-corrected chi connectivity index (χ3v) is 38.0. The summed E-state index contributed by atoms with van der Waals surface area (Å²) < 4.78 is 25.3. The second-order valence-electron chi connectivity index (χ2n) is 30.4. The molecule has 8 heterocycles. The molecule has 0 unspecified atom stereocenters. The first kappa shape index (κ1) is 83.2. The van der Waals surface area contributed by atoms with Crippen molar-refractivity contribution in [1.82, 2.24) is 17.9 Å². The summed E-state index contributed by atoms with van der Waals surface area (Å²) in [7, 11) is -1.97. The molecule has 0 aliphatic heterocycles. The van der Waals surface area contributed by atoms with Crippen LogP contribution in [0.5, 0.6) is 0 Å². The minimum Gasteiger partial charge on any atom is -0.337 e. The van der Waals surface area contributed by atoms with Crippen molar-refractivity contribution in [2.24, 2.45) is 0 Å². The standard InChI is InChI=1S/C91H96Cl4N8O2S6Si/c1-7-13-16-19-22-24-26-28-31-36-58-70(40-34-38-60-74(56(52-96)53-97)62-48-66(92)68(94)50-64(62)84(60)104)106-90-82-88(109-86(58)90)76-78-79(101-111-100-78)77-81(80(76)102(82)44-33-30-21-18-15-9-3)103(72-42-43-73(108-72)112(45-10-4,46-11-5)47-12-6)83-89(77)110-87-59(37-32-29-27-25-23-20-17-14-8-2)71(107-91(83)87)41-35-39-61-75(57(54-98)55-99)63-49-67(93)69(95)51-65(63)85(61)105/h34-35,38-43,48-51H,7-33,36-37,44-47H2,1-6H3/b40-34+,41-35+,60-38-,61-39-. The smallest absolute Gasteiger partial charge is 0.194 e. The molecule has 0 saturated carbocycles. The number of aromatic nitrogens is 4. The van der Waals surface area contributed by atoms with Gasteiger partial charge in [0.2, 0.25) is 0 Å². The summed E-state index contributed by atoms with van der Waals surface area (Å²) in [5, 5.41) is 45.8. The highest BCUT2D eigenvalue weighted by Gasteiger charge is 2.39. The number of fused-ring (bicyclic) bond motifs is 16. The van der Waals surface area contributed by atoms with Crippen molar-refractivity contribution < 1.29 is 9.59 Å². The van der Waals surface area contributed by atoms with Crippen LogP contribution in [0.2, 0.25) is 38.2 Å². The quantitative estimate of drug-likeness (QED) is 0.0159. The summed E-state index contributed by atoms with van der Waals surface area (Å²) in [6, 6.07) is 23.2. The van der Waals surface area contributed by atoms with Gasteiger partial charge in [0, 0.05) is 60.5 Å². The molecule has 2 aliphatic carbocycles. The lowest BCUT2D eigenvalue weighted by Crippen LogP contribution is -2.45. The maximum atomic E-state index is 14.5. The van der Waals surface area contributed by atoms with E-state index in [-0.39, 0.29) is 65.1 Å². The van der Waals surface area contributed by atoms with E-state index < -0.39 is 8.07 Å². The van der Waals surface area contributed by atoms with Crippen LogP contribution in [-0.2, 0) is 19.4 Å². The number of carbonyl (C=O) groups excluding carboxylic acids is 2. The van der Waals surface area contributed by atoms with Crippen molar-refractivity contribution in [2.45, 2.75) is 252 Å². The van der Waals surface area contributed by atoms with Crippen LogP contribution < -0.4 is 4.50 Å². The Labute approximate surface area is 704 Å². The van der Waals surface area contributed by atoms with Crippen LogP contribution in [-0.4, -0.2) is 37.5 Å². The number of nitriles is 4. The number of Topliss-reactive ketones (excluding diaryl/α,β-unsaturated/α-hetero) is 2. The van der Waals surface area contributed by atoms with Crippen molar-refractivity contribution >= 4 is 234 Å².